The van der Waals surface area contributed by atoms with Crippen molar-refractivity contribution in [1.82, 2.24) is 14.2 Å². The Hall–Kier alpha value is -3.17. The van der Waals surface area contributed by atoms with Crippen LogP contribution in [0.25, 0.3) is 22.0 Å². The number of halogens is 1. The largest absolute Gasteiger partial charge is 0.495 e. The molecule has 0 aliphatic carbocycles. The monoisotopic (exact) mass is 536 g/mol. The molecule has 1 N–H and O–H groups in total. The number of hydrogen-bond acceptors (Lipinski definition) is 6. The number of likely N-dealkylation sites (N-methyl/N-ethyl adjacent to an activating group) is 1. The highest BCUT2D eigenvalue weighted by molar-refractivity contribution is 7.89. The highest BCUT2D eigenvalue weighted by Gasteiger charge is 2.26. The molecule has 1 saturated heterocycles. The Morgan fingerprint density at radius 3 is 2.46 bits per heavy atom. The minimum absolute atomic E-state index is 0.323. The Bertz CT molecular complexity index is 1530. The van der Waals surface area contributed by atoms with Crippen molar-refractivity contribution in [2.45, 2.75) is 11.3 Å². The summed E-state index contributed by atoms with van der Waals surface area (Å²) in [5.74, 6) is 0.620. The summed E-state index contributed by atoms with van der Waals surface area (Å²) < 4.78 is 33.2. The first-order valence-electron chi connectivity index (χ1n) is 12.1. The maximum Gasteiger partial charge on any atom is 0.243 e. The Kier molecular flexibility index (Phi) is 7.35. The molecule has 4 aromatic rings. The Labute approximate surface area is 222 Å². The summed E-state index contributed by atoms with van der Waals surface area (Å²) in [4.78, 5) is 7.04. The van der Waals surface area contributed by atoms with E-state index < -0.39 is 10.0 Å². The zero-order chi connectivity index (χ0) is 26.0. The van der Waals surface area contributed by atoms with Crippen LogP contribution in [0.3, 0.4) is 0 Å². The van der Waals surface area contributed by atoms with Crippen molar-refractivity contribution in [2.75, 3.05) is 45.7 Å². The summed E-state index contributed by atoms with van der Waals surface area (Å²) in [5, 5.41) is 4.90. The van der Waals surface area contributed by atoms with Gasteiger partial charge in [-0.2, -0.15) is 4.31 Å². The number of aromatic nitrogens is 1. The highest BCUT2D eigenvalue weighted by atomic mass is 35.5. The van der Waals surface area contributed by atoms with Crippen molar-refractivity contribution in [3.8, 4) is 16.9 Å². The van der Waals surface area contributed by atoms with E-state index in [4.69, 9.17) is 16.3 Å². The zero-order valence-electron chi connectivity index (χ0n) is 20.8. The molecular formula is C28H29ClN4O3S. The molecule has 5 rings (SSSR count). The molecule has 7 nitrogen and oxygen atoms in total. The van der Waals surface area contributed by atoms with E-state index in [1.165, 1.54) is 0 Å². The molecule has 1 fully saturated rings. The summed E-state index contributed by atoms with van der Waals surface area (Å²) in [6, 6.07) is 20.6. The average Bonchev–Trinajstić information content (AvgIpc) is 3.13. The molecule has 0 radical (unpaired) electrons. The number of pyridine rings is 1. The van der Waals surface area contributed by atoms with Crippen molar-refractivity contribution in [2.24, 2.45) is 0 Å². The summed E-state index contributed by atoms with van der Waals surface area (Å²) >= 11 is 6.28. The summed E-state index contributed by atoms with van der Waals surface area (Å²) in [7, 11) is 0.0950. The van der Waals surface area contributed by atoms with Crippen LogP contribution in [0.4, 0.5) is 11.4 Å². The number of sulfonamides is 1. The quantitative estimate of drug-likeness (QED) is 0.344. The fourth-order valence-corrected chi connectivity index (χ4v) is 6.30. The first-order chi connectivity index (χ1) is 17.8. The number of ether oxygens (including phenoxy) is 1. The molecule has 1 aliphatic heterocycles. The lowest BCUT2D eigenvalue weighted by atomic mass is 10.0. The number of benzene rings is 3. The van der Waals surface area contributed by atoms with Crippen LogP contribution in [0.1, 0.15) is 6.42 Å². The van der Waals surface area contributed by atoms with Crippen molar-refractivity contribution >= 4 is 43.9 Å². The van der Waals surface area contributed by atoms with Crippen LogP contribution in [0.5, 0.6) is 5.75 Å². The molecule has 0 saturated carbocycles. The van der Waals surface area contributed by atoms with Crippen LogP contribution in [-0.4, -0.2) is 62.9 Å². The molecular weight excluding hydrogens is 508 g/mol. The van der Waals surface area contributed by atoms with Crippen LogP contribution in [0, 0.1) is 0 Å². The number of nitrogens with zero attached hydrogens (tertiary/aromatic N) is 3. The van der Waals surface area contributed by atoms with E-state index in [0.717, 1.165) is 52.9 Å². The predicted octanol–water partition coefficient (Wildman–Crippen LogP) is 5.63. The normalized spacial score (nSPS) is 15.4. The van der Waals surface area contributed by atoms with Crippen molar-refractivity contribution < 1.29 is 13.2 Å². The van der Waals surface area contributed by atoms with E-state index in [1.807, 2.05) is 61.6 Å². The number of fused-ring (bicyclic) bond motifs is 1. The van der Waals surface area contributed by atoms with Gasteiger partial charge in [0.15, 0.2) is 0 Å². The fraction of sp³-hybridized carbons (Fsp3) is 0.250. The Morgan fingerprint density at radius 1 is 0.919 bits per heavy atom. The summed E-state index contributed by atoms with van der Waals surface area (Å²) in [6.07, 6.45) is 2.59. The second-order valence-corrected chi connectivity index (χ2v) is 11.5. The Morgan fingerprint density at radius 2 is 1.70 bits per heavy atom. The minimum atomic E-state index is -3.52. The topological polar surface area (TPSA) is 74.8 Å². The van der Waals surface area contributed by atoms with Gasteiger partial charge in [0, 0.05) is 42.6 Å². The van der Waals surface area contributed by atoms with E-state index in [9.17, 15) is 8.42 Å². The van der Waals surface area contributed by atoms with Crippen molar-refractivity contribution in [1.29, 1.82) is 0 Å². The number of hydrogen-bond donors (Lipinski definition) is 1. The molecule has 192 valence electrons. The van der Waals surface area contributed by atoms with Gasteiger partial charge in [-0.15, -0.1) is 0 Å². The molecule has 0 spiro atoms. The van der Waals surface area contributed by atoms with Crippen molar-refractivity contribution in [3.05, 3.63) is 77.9 Å². The molecule has 0 unspecified atom stereocenters. The third-order valence-electron chi connectivity index (χ3n) is 6.68. The van der Waals surface area contributed by atoms with Gasteiger partial charge in [-0.05, 0) is 73.6 Å². The molecule has 1 aromatic heterocycles. The smallest absolute Gasteiger partial charge is 0.243 e. The van der Waals surface area contributed by atoms with E-state index >= 15 is 0 Å². The molecule has 37 heavy (non-hydrogen) atoms. The second-order valence-electron chi connectivity index (χ2n) is 9.15. The second kappa shape index (κ2) is 10.7. The van der Waals surface area contributed by atoms with Gasteiger partial charge in [-0.3, -0.25) is 4.98 Å². The Balaban J connectivity index is 1.38. The van der Waals surface area contributed by atoms with Gasteiger partial charge in [0.2, 0.25) is 10.0 Å². The molecule has 9 heteroatoms. The number of nitrogens with one attached hydrogen (secondary N) is 1. The van der Waals surface area contributed by atoms with E-state index in [2.05, 4.69) is 15.2 Å². The van der Waals surface area contributed by atoms with Crippen LogP contribution in [0.2, 0.25) is 5.02 Å². The lowest BCUT2D eigenvalue weighted by Gasteiger charge is -2.20. The van der Waals surface area contributed by atoms with Gasteiger partial charge in [0.05, 0.1) is 22.5 Å². The zero-order valence-corrected chi connectivity index (χ0v) is 22.4. The standard InChI is InChI=1S/C28H29ClN4O3S/c1-32-14-3-15-33(17-16-32)37(34,35)23-8-4-20(5-9-23)21-6-10-24-26(12-13-30-27(24)18-21)31-22-7-11-28(36-2)25(29)19-22/h4-13,18-19H,3,14-17H2,1-2H3,(H,30,31). The summed E-state index contributed by atoms with van der Waals surface area (Å²) in [5.41, 5.74) is 4.47. The van der Waals surface area contributed by atoms with E-state index in [1.54, 1.807) is 29.7 Å². The minimum Gasteiger partial charge on any atom is -0.495 e. The molecule has 0 bridgehead atoms. The lowest BCUT2D eigenvalue weighted by molar-refractivity contribution is 0.347. The van der Waals surface area contributed by atoms with Gasteiger partial charge >= 0.3 is 0 Å². The summed E-state index contributed by atoms with van der Waals surface area (Å²) in [6.45, 7) is 2.70. The first kappa shape index (κ1) is 25.5. The maximum absolute atomic E-state index is 13.2. The number of methoxy groups -OCH3 is 1. The third kappa shape index (κ3) is 5.43. The maximum atomic E-state index is 13.2. The van der Waals surface area contributed by atoms with Crippen LogP contribution < -0.4 is 10.1 Å². The van der Waals surface area contributed by atoms with Gasteiger partial charge in [0.25, 0.3) is 0 Å². The van der Waals surface area contributed by atoms with Crippen LogP contribution in [-0.2, 0) is 10.0 Å². The van der Waals surface area contributed by atoms with E-state index in [0.29, 0.717) is 28.8 Å². The van der Waals surface area contributed by atoms with Crippen LogP contribution >= 0.6 is 11.6 Å². The van der Waals surface area contributed by atoms with Crippen molar-refractivity contribution in [3.63, 3.8) is 0 Å². The first-order valence-corrected chi connectivity index (χ1v) is 14.0. The third-order valence-corrected chi connectivity index (χ3v) is 8.89. The molecule has 2 heterocycles. The predicted molar refractivity (Wildman–Crippen MR) is 149 cm³/mol. The highest BCUT2D eigenvalue weighted by Crippen LogP contribution is 2.32. The average molecular weight is 537 g/mol. The van der Waals surface area contributed by atoms with Gasteiger partial charge < -0.3 is 15.0 Å². The lowest BCUT2D eigenvalue weighted by Crippen LogP contribution is -2.34. The molecule has 1 aliphatic rings. The van der Waals surface area contributed by atoms with Gasteiger partial charge in [0.1, 0.15) is 5.75 Å². The number of anilines is 2. The van der Waals surface area contributed by atoms with E-state index in [-0.39, 0.29) is 0 Å². The molecule has 0 amide bonds. The SMILES string of the molecule is COc1ccc(Nc2ccnc3cc(-c4ccc(S(=O)(=O)N5CCCN(C)CC5)cc4)ccc23)cc1Cl. The number of rotatable bonds is 6. The molecule has 0 atom stereocenters. The van der Waals surface area contributed by atoms with Crippen LogP contribution in [0.15, 0.2) is 77.8 Å². The van der Waals surface area contributed by atoms with Gasteiger partial charge in [-0.25, -0.2) is 8.42 Å². The van der Waals surface area contributed by atoms with Gasteiger partial charge in [-0.1, -0.05) is 35.9 Å². The molecule has 3 aromatic carbocycles. The fourth-order valence-electron chi connectivity index (χ4n) is 4.57.